The number of furan rings is 1. The van der Waals surface area contributed by atoms with E-state index >= 15 is 0 Å². The van der Waals surface area contributed by atoms with E-state index in [1.807, 2.05) is 0 Å². The molecular formula is C14H17NO3S. The molecule has 0 atom stereocenters. The van der Waals surface area contributed by atoms with Gasteiger partial charge in [0.05, 0.1) is 6.54 Å². The molecule has 0 saturated heterocycles. The second-order valence-corrected chi connectivity index (χ2v) is 5.31. The summed E-state index contributed by atoms with van der Waals surface area (Å²) in [6, 6.07) is 3.72. The zero-order chi connectivity index (χ0) is 13.8. The standard InChI is InChI=1S/C14H17NO3S/c1-3-10-4-5-19-13(10)8-15-7-11-6-12(14(16)17)9(2)18-11/h4-6,15H,3,7-8H2,1-2H3,(H,16,17). The van der Waals surface area contributed by atoms with Crippen molar-refractivity contribution in [2.24, 2.45) is 0 Å². The zero-order valence-electron chi connectivity index (χ0n) is 11.0. The number of aryl methyl sites for hydroxylation is 2. The lowest BCUT2D eigenvalue weighted by Gasteiger charge is -2.03. The highest BCUT2D eigenvalue weighted by Gasteiger charge is 2.13. The number of hydrogen-bond donors (Lipinski definition) is 2. The molecule has 102 valence electrons. The molecule has 2 aromatic heterocycles. The van der Waals surface area contributed by atoms with Crippen LogP contribution in [0.15, 0.2) is 21.9 Å². The maximum absolute atomic E-state index is 10.9. The Hall–Kier alpha value is -1.59. The van der Waals surface area contributed by atoms with E-state index in [2.05, 4.69) is 23.7 Å². The van der Waals surface area contributed by atoms with Gasteiger partial charge in [-0.25, -0.2) is 4.79 Å². The van der Waals surface area contributed by atoms with Crippen molar-refractivity contribution in [1.82, 2.24) is 5.32 Å². The van der Waals surface area contributed by atoms with E-state index in [-0.39, 0.29) is 5.56 Å². The molecule has 2 N–H and O–H groups in total. The third-order valence-corrected chi connectivity index (χ3v) is 3.97. The SMILES string of the molecule is CCc1ccsc1CNCc1cc(C(=O)O)c(C)o1. The lowest BCUT2D eigenvalue weighted by molar-refractivity contribution is 0.0695. The molecule has 0 saturated carbocycles. The molecule has 2 heterocycles. The monoisotopic (exact) mass is 279 g/mol. The first-order chi connectivity index (χ1) is 9.11. The van der Waals surface area contributed by atoms with Crippen molar-refractivity contribution in [3.63, 3.8) is 0 Å². The fraction of sp³-hybridized carbons (Fsp3) is 0.357. The van der Waals surface area contributed by atoms with Crippen LogP contribution >= 0.6 is 11.3 Å². The minimum atomic E-state index is -0.945. The van der Waals surface area contributed by atoms with Crippen LogP contribution in [0.3, 0.4) is 0 Å². The van der Waals surface area contributed by atoms with Gasteiger partial charge in [-0.1, -0.05) is 6.92 Å². The summed E-state index contributed by atoms with van der Waals surface area (Å²) < 4.78 is 5.41. The van der Waals surface area contributed by atoms with Gasteiger partial charge in [-0.3, -0.25) is 0 Å². The van der Waals surface area contributed by atoms with Gasteiger partial charge in [0.25, 0.3) is 0 Å². The quantitative estimate of drug-likeness (QED) is 0.852. The molecule has 0 aromatic carbocycles. The smallest absolute Gasteiger partial charge is 0.339 e. The summed E-state index contributed by atoms with van der Waals surface area (Å²) in [6.07, 6.45) is 1.03. The van der Waals surface area contributed by atoms with Crippen LogP contribution in [-0.4, -0.2) is 11.1 Å². The maximum atomic E-state index is 10.9. The van der Waals surface area contributed by atoms with Crippen LogP contribution in [0.1, 0.15) is 39.2 Å². The number of carboxylic acid groups (broad SMARTS) is 1. The first kappa shape index (κ1) is 13.8. The summed E-state index contributed by atoms with van der Waals surface area (Å²) in [5.74, 6) is 0.165. The van der Waals surface area contributed by atoms with Gasteiger partial charge in [-0.05, 0) is 36.4 Å². The molecule has 0 unspecified atom stereocenters. The van der Waals surface area contributed by atoms with Gasteiger partial charge in [0.2, 0.25) is 0 Å². The molecule has 0 spiro atoms. The lowest BCUT2D eigenvalue weighted by atomic mass is 10.2. The number of hydrogen-bond acceptors (Lipinski definition) is 4. The Labute approximate surface area is 116 Å². The molecule has 2 rings (SSSR count). The zero-order valence-corrected chi connectivity index (χ0v) is 11.8. The van der Waals surface area contributed by atoms with Gasteiger partial charge in [0, 0.05) is 11.4 Å². The number of carbonyl (C=O) groups is 1. The second-order valence-electron chi connectivity index (χ2n) is 4.31. The molecule has 0 aliphatic heterocycles. The van der Waals surface area contributed by atoms with Crippen LogP contribution < -0.4 is 5.32 Å². The highest BCUT2D eigenvalue weighted by atomic mass is 32.1. The molecule has 0 aliphatic carbocycles. The van der Waals surface area contributed by atoms with Crippen molar-refractivity contribution in [1.29, 1.82) is 0 Å². The largest absolute Gasteiger partial charge is 0.478 e. The molecule has 0 bridgehead atoms. The number of carboxylic acids is 1. The number of thiophene rings is 1. The average molecular weight is 279 g/mol. The number of aromatic carboxylic acids is 1. The molecule has 0 fully saturated rings. The Kier molecular flexibility index (Phi) is 4.39. The molecule has 2 aromatic rings. The van der Waals surface area contributed by atoms with E-state index in [0.29, 0.717) is 18.1 Å². The Morgan fingerprint density at radius 3 is 2.89 bits per heavy atom. The van der Waals surface area contributed by atoms with E-state index in [4.69, 9.17) is 9.52 Å². The summed E-state index contributed by atoms with van der Waals surface area (Å²) in [7, 11) is 0. The van der Waals surface area contributed by atoms with E-state index in [9.17, 15) is 4.79 Å². The van der Waals surface area contributed by atoms with Crippen LogP contribution in [0.4, 0.5) is 0 Å². The predicted molar refractivity (Wildman–Crippen MR) is 74.6 cm³/mol. The van der Waals surface area contributed by atoms with Gasteiger partial charge in [-0.15, -0.1) is 11.3 Å². The predicted octanol–water partition coefficient (Wildman–Crippen LogP) is 3.20. The van der Waals surface area contributed by atoms with E-state index < -0.39 is 5.97 Å². The van der Waals surface area contributed by atoms with E-state index in [1.54, 1.807) is 24.3 Å². The molecule has 19 heavy (non-hydrogen) atoms. The summed E-state index contributed by atoms with van der Waals surface area (Å²) >= 11 is 1.74. The normalized spacial score (nSPS) is 10.8. The van der Waals surface area contributed by atoms with Crippen LogP contribution in [0, 0.1) is 6.92 Å². The minimum absolute atomic E-state index is 0.238. The van der Waals surface area contributed by atoms with Gasteiger partial charge in [0.15, 0.2) is 0 Å². The molecule has 0 amide bonds. The number of nitrogens with one attached hydrogen (secondary N) is 1. The van der Waals surface area contributed by atoms with Crippen molar-refractivity contribution in [2.75, 3.05) is 0 Å². The van der Waals surface area contributed by atoms with Crippen molar-refractivity contribution in [2.45, 2.75) is 33.4 Å². The summed E-state index contributed by atoms with van der Waals surface area (Å²) in [6.45, 7) is 5.13. The van der Waals surface area contributed by atoms with Gasteiger partial charge >= 0.3 is 5.97 Å². The molecule has 0 aliphatic rings. The van der Waals surface area contributed by atoms with E-state index in [0.717, 1.165) is 13.0 Å². The van der Waals surface area contributed by atoms with Gasteiger partial charge < -0.3 is 14.8 Å². The van der Waals surface area contributed by atoms with Crippen molar-refractivity contribution in [3.8, 4) is 0 Å². The van der Waals surface area contributed by atoms with Crippen molar-refractivity contribution < 1.29 is 14.3 Å². The molecular weight excluding hydrogens is 262 g/mol. The molecule has 4 nitrogen and oxygen atoms in total. The Morgan fingerprint density at radius 1 is 1.47 bits per heavy atom. The van der Waals surface area contributed by atoms with E-state index in [1.165, 1.54) is 10.4 Å². The maximum Gasteiger partial charge on any atom is 0.339 e. The first-order valence-corrected chi connectivity index (χ1v) is 7.08. The third-order valence-electron chi connectivity index (χ3n) is 3.00. The summed E-state index contributed by atoms with van der Waals surface area (Å²) in [5, 5.41) is 14.3. The summed E-state index contributed by atoms with van der Waals surface area (Å²) in [5.41, 5.74) is 1.60. The van der Waals surface area contributed by atoms with Crippen LogP contribution in [0.25, 0.3) is 0 Å². The topological polar surface area (TPSA) is 62.5 Å². The van der Waals surface area contributed by atoms with Crippen LogP contribution in [0.2, 0.25) is 0 Å². The Bertz CT molecular complexity index is 571. The second kappa shape index (κ2) is 6.04. The molecule has 0 radical (unpaired) electrons. The fourth-order valence-electron chi connectivity index (χ4n) is 1.98. The number of rotatable bonds is 6. The van der Waals surface area contributed by atoms with Crippen LogP contribution in [-0.2, 0) is 19.5 Å². The Morgan fingerprint density at radius 2 is 2.26 bits per heavy atom. The summed E-state index contributed by atoms with van der Waals surface area (Å²) in [4.78, 5) is 12.2. The molecule has 5 heteroatoms. The average Bonchev–Trinajstić information content (AvgIpc) is 2.95. The lowest BCUT2D eigenvalue weighted by Crippen LogP contribution is -2.12. The minimum Gasteiger partial charge on any atom is -0.478 e. The fourth-order valence-corrected chi connectivity index (χ4v) is 2.93. The highest BCUT2D eigenvalue weighted by Crippen LogP contribution is 2.18. The highest BCUT2D eigenvalue weighted by molar-refractivity contribution is 7.10. The first-order valence-electron chi connectivity index (χ1n) is 6.20. The van der Waals surface area contributed by atoms with Crippen molar-refractivity contribution in [3.05, 3.63) is 45.0 Å². The Balaban J connectivity index is 1.93. The van der Waals surface area contributed by atoms with Crippen molar-refractivity contribution >= 4 is 17.3 Å². The van der Waals surface area contributed by atoms with Gasteiger partial charge in [0.1, 0.15) is 17.1 Å². The third kappa shape index (κ3) is 3.24. The van der Waals surface area contributed by atoms with Crippen LogP contribution in [0.5, 0.6) is 0 Å². The van der Waals surface area contributed by atoms with Gasteiger partial charge in [-0.2, -0.15) is 0 Å².